The number of rotatable bonds is 6. The molecule has 2 aromatic rings. The van der Waals surface area contributed by atoms with Crippen molar-refractivity contribution in [3.8, 4) is 0 Å². The number of carbonyl (C=O) groups excluding carboxylic acids is 4. The van der Waals surface area contributed by atoms with E-state index in [1.807, 2.05) is 0 Å². The van der Waals surface area contributed by atoms with Gasteiger partial charge in [-0.2, -0.15) is 0 Å². The Hall–Kier alpha value is -4.25. The van der Waals surface area contributed by atoms with Gasteiger partial charge >= 0.3 is 23.9 Å². The van der Waals surface area contributed by atoms with Gasteiger partial charge in [-0.25, -0.2) is 19.4 Å². The highest BCUT2D eigenvalue weighted by molar-refractivity contribution is 6.19. The van der Waals surface area contributed by atoms with Crippen LogP contribution in [0.2, 0.25) is 0 Å². The number of oxazole rings is 1. The minimum atomic E-state index is -2.51. The fourth-order valence-corrected chi connectivity index (χ4v) is 4.16. The molecule has 2 unspecified atom stereocenters. The third kappa shape index (κ3) is 4.07. The summed E-state index contributed by atoms with van der Waals surface area (Å²) in [5.74, 6) is -6.42. The molecular weight excluding hydrogens is 474 g/mol. The third-order valence-corrected chi connectivity index (χ3v) is 5.93. The van der Waals surface area contributed by atoms with E-state index in [1.165, 1.54) is 12.1 Å². The van der Waals surface area contributed by atoms with Crippen LogP contribution in [0.25, 0.3) is 5.57 Å². The molecule has 1 aliphatic rings. The Kier molecular flexibility index (Phi) is 7.44. The minimum absolute atomic E-state index is 0.0654. The second-order valence-electron chi connectivity index (χ2n) is 7.76. The predicted octanol–water partition coefficient (Wildman–Crippen LogP) is 1.55. The number of benzene rings is 1. The van der Waals surface area contributed by atoms with Crippen molar-refractivity contribution in [2.24, 2.45) is 5.92 Å². The minimum Gasteiger partial charge on any atom is -0.468 e. The SMILES string of the molecule is COC(=O)C1=C(C(=O)OC)C(C(=O)OC)C(O)(c2ccccc2)C(c2nc(C)c(C)o2)=C1C(=O)OC. The molecule has 0 fully saturated rings. The van der Waals surface area contributed by atoms with Gasteiger partial charge in [0.1, 0.15) is 17.3 Å². The summed E-state index contributed by atoms with van der Waals surface area (Å²) in [5.41, 5.74) is -4.33. The molecule has 1 heterocycles. The van der Waals surface area contributed by atoms with E-state index in [0.717, 1.165) is 28.4 Å². The van der Waals surface area contributed by atoms with Crippen LogP contribution in [0.4, 0.5) is 0 Å². The van der Waals surface area contributed by atoms with Crippen molar-refractivity contribution in [2.45, 2.75) is 19.4 Å². The smallest absolute Gasteiger partial charge is 0.339 e. The summed E-state index contributed by atoms with van der Waals surface area (Å²) in [5, 5.41) is 12.5. The van der Waals surface area contributed by atoms with Crippen molar-refractivity contribution in [2.75, 3.05) is 28.4 Å². The molecule has 1 aliphatic carbocycles. The lowest BCUT2D eigenvalue weighted by Crippen LogP contribution is -2.49. The van der Waals surface area contributed by atoms with Gasteiger partial charge in [-0.1, -0.05) is 30.3 Å². The summed E-state index contributed by atoms with van der Waals surface area (Å²) in [6, 6.07) is 7.72. The Bertz CT molecular complexity index is 1270. The average molecular weight is 499 g/mol. The number of hydrogen-bond donors (Lipinski definition) is 1. The molecule has 1 N–H and O–H groups in total. The van der Waals surface area contributed by atoms with Gasteiger partial charge < -0.3 is 28.5 Å². The lowest BCUT2D eigenvalue weighted by molar-refractivity contribution is -0.155. The quantitative estimate of drug-likeness (QED) is 0.455. The van der Waals surface area contributed by atoms with Crippen LogP contribution in [0.5, 0.6) is 0 Å². The molecule has 0 bridgehead atoms. The Morgan fingerprint density at radius 2 is 1.42 bits per heavy atom. The molecule has 2 atom stereocenters. The van der Waals surface area contributed by atoms with E-state index in [2.05, 4.69) is 4.98 Å². The fourth-order valence-electron chi connectivity index (χ4n) is 4.16. The predicted molar refractivity (Wildman–Crippen MR) is 122 cm³/mol. The van der Waals surface area contributed by atoms with Crippen molar-refractivity contribution in [1.29, 1.82) is 0 Å². The number of methoxy groups -OCH3 is 4. The number of esters is 4. The maximum atomic E-state index is 13.3. The van der Waals surface area contributed by atoms with Gasteiger partial charge in [0.05, 0.1) is 56.4 Å². The van der Waals surface area contributed by atoms with Gasteiger partial charge in [0.15, 0.2) is 0 Å². The van der Waals surface area contributed by atoms with Crippen LogP contribution < -0.4 is 0 Å². The highest BCUT2D eigenvalue weighted by atomic mass is 16.5. The first-order valence-corrected chi connectivity index (χ1v) is 10.6. The molecule has 0 saturated heterocycles. The molecule has 0 aliphatic heterocycles. The van der Waals surface area contributed by atoms with E-state index in [-0.39, 0.29) is 17.0 Å². The molecule has 0 spiro atoms. The molecule has 0 radical (unpaired) electrons. The first-order chi connectivity index (χ1) is 17.1. The second kappa shape index (κ2) is 10.2. The third-order valence-electron chi connectivity index (χ3n) is 5.93. The summed E-state index contributed by atoms with van der Waals surface area (Å²) in [4.78, 5) is 57.0. The molecule has 1 aromatic carbocycles. The normalized spacial score (nSPS) is 19.6. The Morgan fingerprint density at radius 1 is 0.861 bits per heavy atom. The number of ether oxygens (including phenoxy) is 4. The first kappa shape index (κ1) is 26.4. The standard InChI is InChI=1S/C25H25NO10/c1-12-13(2)36-20(26-12)18-16(22(28)33-4)15(21(27)32-3)17(23(29)34-5)19(24(30)35-6)25(18,31)14-10-8-7-9-11-14/h7-11,19,31H,1-6H3. The number of carbonyl (C=O) groups is 4. The van der Waals surface area contributed by atoms with E-state index >= 15 is 0 Å². The van der Waals surface area contributed by atoms with E-state index in [4.69, 9.17) is 23.4 Å². The molecular formula is C25H25NO10. The molecule has 190 valence electrons. The summed E-state index contributed by atoms with van der Waals surface area (Å²) >= 11 is 0. The summed E-state index contributed by atoms with van der Waals surface area (Å²) in [6.07, 6.45) is 0. The van der Waals surface area contributed by atoms with Gasteiger partial charge in [0, 0.05) is 0 Å². The highest BCUT2D eigenvalue weighted by Crippen LogP contribution is 2.53. The van der Waals surface area contributed by atoms with Gasteiger partial charge in [0.2, 0.25) is 5.89 Å². The molecule has 1 aromatic heterocycles. The molecule has 11 heteroatoms. The van der Waals surface area contributed by atoms with Crippen LogP contribution in [0, 0.1) is 19.8 Å². The van der Waals surface area contributed by atoms with Crippen LogP contribution in [-0.4, -0.2) is 62.4 Å². The number of hydrogen-bond acceptors (Lipinski definition) is 11. The lowest BCUT2D eigenvalue weighted by Gasteiger charge is -2.41. The van der Waals surface area contributed by atoms with Gasteiger partial charge in [-0.3, -0.25) is 4.79 Å². The van der Waals surface area contributed by atoms with E-state index in [0.29, 0.717) is 11.5 Å². The summed E-state index contributed by atoms with van der Waals surface area (Å²) in [7, 11) is 4.11. The zero-order valence-electron chi connectivity index (χ0n) is 20.5. The van der Waals surface area contributed by atoms with E-state index in [1.54, 1.807) is 32.0 Å². The highest BCUT2D eigenvalue weighted by Gasteiger charge is 2.59. The van der Waals surface area contributed by atoms with Gasteiger partial charge in [0.25, 0.3) is 0 Å². The molecule has 0 amide bonds. The van der Waals surface area contributed by atoms with Crippen LogP contribution in [0.15, 0.2) is 51.5 Å². The van der Waals surface area contributed by atoms with E-state index < -0.39 is 52.1 Å². The zero-order chi connectivity index (χ0) is 26.8. The molecule has 0 saturated carbocycles. The van der Waals surface area contributed by atoms with Crippen molar-refractivity contribution in [3.63, 3.8) is 0 Å². The summed E-state index contributed by atoms with van der Waals surface area (Å²) in [6.45, 7) is 3.23. The van der Waals surface area contributed by atoms with Crippen LogP contribution in [0.3, 0.4) is 0 Å². The Labute approximate surface area is 206 Å². The van der Waals surface area contributed by atoms with Crippen molar-refractivity contribution in [3.05, 3.63) is 70.0 Å². The van der Waals surface area contributed by atoms with Crippen LogP contribution in [-0.2, 0) is 43.7 Å². The van der Waals surface area contributed by atoms with Gasteiger partial charge in [-0.05, 0) is 19.4 Å². The van der Waals surface area contributed by atoms with Crippen LogP contribution in [0.1, 0.15) is 22.9 Å². The van der Waals surface area contributed by atoms with Crippen molar-refractivity contribution >= 4 is 29.5 Å². The number of aliphatic hydroxyl groups is 1. The Balaban J connectivity index is 2.69. The number of aryl methyl sites for hydroxylation is 2. The topological polar surface area (TPSA) is 151 Å². The summed E-state index contributed by atoms with van der Waals surface area (Å²) < 4.78 is 25.4. The second-order valence-corrected chi connectivity index (χ2v) is 7.76. The maximum Gasteiger partial charge on any atom is 0.339 e. The molecule has 3 rings (SSSR count). The van der Waals surface area contributed by atoms with Crippen molar-refractivity contribution in [1.82, 2.24) is 4.98 Å². The largest absolute Gasteiger partial charge is 0.468 e. The maximum absolute atomic E-state index is 13.3. The van der Waals surface area contributed by atoms with Crippen molar-refractivity contribution < 1.29 is 47.6 Å². The van der Waals surface area contributed by atoms with E-state index in [9.17, 15) is 24.3 Å². The monoisotopic (exact) mass is 499 g/mol. The van der Waals surface area contributed by atoms with Gasteiger partial charge in [-0.15, -0.1) is 0 Å². The van der Waals surface area contributed by atoms with Crippen LogP contribution >= 0.6 is 0 Å². The first-order valence-electron chi connectivity index (χ1n) is 10.6. The Morgan fingerprint density at radius 3 is 1.89 bits per heavy atom. The molecule has 11 nitrogen and oxygen atoms in total. The zero-order valence-corrected chi connectivity index (χ0v) is 20.5. The lowest BCUT2D eigenvalue weighted by atomic mass is 9.65. The fraction of sp³-hybridized carbons (Fsp3) is 0.320. The number of nitrogens with zero attached hydrogens (tertiary/aromatic N) is 1. The molecule has 36 heavy (non-hydrogen) atoms. The average Bonchev–Trinajstić information content (AvgIpc) is 3.23. The number of aromatic nitrogens is 1.